The van der Waals surface area contributed by atoms with Gasteiger partial charge in [0.1, 0.15) is 18.0 Å². The first-order valence-corrected chi connectivity index (χ1v) is 8.87. The van der Waals surface area contributed by atoms with Crippen LogP contribution in [-0.4, -0.2) is 45.9 Å². The molecule has 0 radical (unpaired) electrons. The number of piperazine rings is 1. The van der Waals surface area contributed by atoms with Crippen molar-refractivity contribution in [3.05, 3.63) is 66.1 Å². The lowest BCUT2D eigenvalue weighted by Gasteiger charge is -2.32. The zero-order chi connectivity index (χ0) is 17.9. The van der Waals surface area contributed by atoms with Crippen molar-refractivity contribution >= 4 is 11.6 Å². The van der Waals surface area contributed by atoms with Crippen LogP contribution in [0.15, 0.2) is 54.9 Å². The molecule has 0 aliphatic carbocycles. The highest BCUT2D eigenvalue weighted by Gasteiger charge is 2.21. The topological polar surface area (TPSA) is 58.9 Å². The molecule has 1 saturated heterocycles. The number of carbonyl (C=O) groups excluding carboxylic acids is 1. The molecule has 1 aromatic carbocycles. The van der Waals surface area contributed by atoms with Gasteiger partial charge >= 0.3 is 0 Å². The van der Waals surface area contributed by atoms with Gasteiger partial charge in [-0.15, -0.1) is 0 Å². The average Bonchev–Trinajstić information content (AvgIpc) is 3.09. The summed E-state index contributed by atoms with van der Waals surface area (Å²) in [5.41, 5.74) is 2.40. The number of imidazole rings is 1. The van der Waals surface area contributed by atoms with E-state index < -0.39 is 0 Å². The molecule has 3 aromatic rings. The summed E-state index contributed by atoms with van der Waals surface area (Å²) in [6.45, 7) is 4.75. The van der Waals surface area contributed by atoms with Crippen LogP contribution < -0.4 is 10.1 Å². The van der Waals surface area contributed by atoms with Crippen LogP contribution in [0.2, 0.25) is 0 Å². The minimum absolute atomic E-state index is 0.0523. The zero-order valence-electron chi connectivity index (χ0n) is 14.8. The molecule has 0 spiro atoms. The third-order valence-electron chi connectivity index (χ3n) is 4.54. The van der Waals surface area contributed by atoms with Gasteiger partial charge < -0.3 is 19.4 Å². The highest BCUT2D eigenvalue weighted by molar-refractivity contribution is 5.94. The number of aromatic nitrogens is 2. The molecule has 0 bridgehead atoms. The smallest absolute Gasteiger partial charge is 0.254 e. The molecule has 26 heavy (non-hydrogen) atoms. The van der Waals surface area contributed by atoms with Crippen LogP contribution in [0.3, 0.4) is 0 Å². The Morgan fingerprint density at radius 3 is 3.08 bits per heavy atom. The zero-order valence-corrected chi connectivity index (χ0v) is 14.8. The van der Waals surface area contributed by atoms with Gasteiger partial charge in [0.2, 0.25) is 0 Å². The Morgan fingerprint density at radius 2 is 2.23 bits per heavy atom. The first kappa shape index (κ1) is 16.6. The summed E-state index contributed by atoms with van der Waals surface area (Å²) in [5, 5.41) is 3.35. The molecule has 0 saturated carbocycles. The minimum Gasteiger partial charge on any atom is -0.487 e. The van der Waals surface area contributed by atoms with Crippen LogP contribution >= 0.6 is 0 Å². The molecule has 1 amide bonds. The van der Waals surface area contributed by atoms with E-state index >= 15 is 0 Å². The number of amides is 1. The third kappa shape index (κ3) is 3.55. The Labute approximate surface area is 152 Å². The molecule has 1 aliphatic heterocycles. The molecule has 0 unspecified atom stereocenters. The first-order chi connectivity index (χ1) is 12.7. The SMILES string of the molecule is C[C@@H]1CN(C(=O)c2cccc(OCc3cn4ccccc4n3)c2)CCN1. The van der Waals surface area contributed by atoms with Crippen molar-refractivity contribution in [1.82, 2.24) is 19.6 Å². The minimum atomic E-state index is 0.0523. The fourth-order valence-electron chi connectivity index (χ4n) is 3.23. The second kappa shape index (κ2) is 7.17. The second-order valence-electron chi connectivity index (χ2n) is 6.62. The lowest BCUT2D eigenvalue weighted by molar-refractivity contribution is 0.0708. The fourth-order valence-corrected chi connectivity index (χ4v) is 3.23. The molecule has 1 aliphatic rings. The van der Waals surface area contributed by atoms with Crippen LogP contribution in [0, 0.1) is 0 Å². The van der Waals surface area contributed by atoms with Crippen LogP contribution in [-0.2, 0) is 6.61 Å². The lowest BCUT2D eigenvalue weighted by atomic mass is 10.1. The maximum Gasteiger partial charge on any atom is 0.254 e. The van der Waals surface area contributed by atoms with E-state index in [4.69, 9.17) is 4.74 Å². The number of pyridine rings is 1. The number of nitrogens with one attached hydrogen (secondary N) is 1. The van der Waals surface area contributed by atoms with E-state index in [0.29, 0.717) is 24.0 Å². The van der Waals surface area contributed by atoms with Gasteiger partial charge in [-0.1, -0.05) is 12.1 Å². The van der Waals surface area contributed by atoms with Gasteiger partial charge in [0, 0.05) is 43.6 Å². The van der Waals surface area contributed by atoms with Gasteiger partial charge in [0.05, 0.1) is 5.69 Å². The van der Waals surface area contributed by atoms with Crippen LogP contribution in [0.5, 0.6) is 5.75 Å². The molecule has 2 aromatic heterocycles. The summed E-state index contributed by atoms with van der Waals surface area (Å²) in [6.07, 6.45) is 3.91. The number of hydrogen-bond acceptors (Lipinski definition) is 4. The summed E-state index contributed by atoms with van der Waals surface area (Å²) in [4.78, 5) is 19.1. The Bertz CT molecular complexity index is 888. The second-order valence-corrected chi connectivity index (χ2v) is 6.62. The van der Waals surface area contributed by atoms with Gasteiger partial charge in [-0.25, -0.2) is 4.98 Å². The Hall–Kier alpha value is -2.86. The maximum atomic E-state index is 12.7. The van der Waals surface area contributed by atoms with Crippen molar-refractivity contribution in [2.24, 2.45) is 0 Å². The number of rotatable bonds is 4. The molecule has 1 atom stereocenters. The van der Waals surface area contributed by atoms with Gasteiger partial charge in [-0.2, -0.15) is 0 Å². The summed E-state index contributed by atoms with van der Waals surface area (Å²) < 4.78 is 7.82. The maximum absolute atomic E-state index is 12.7. The number of carbonyl (C=O) groups is 1. The van der Waals surface area contributed by atoms with Crippen LogP contribution in [0.4, 0.5) is 0 Å². The summed E-state index contributed by atoms with van der Waals surface area (Å²) in [7, 11) is 0. The Morgan fingerprint density at radius 1 is 1.31 bits per heavy atom. The summed E-state index contributed by atoms with van der Waals surface area (Å²) in [6, 6.07) is 13.6. The number of benzene rings is 1. The van der Waals surface area contributed by atoms with E-state index in [1.165, 1.54) is 0 Å². The highest BCUT2D eigenvalue weighted by Crippen LogP contribution is 2.17. The number of fused-ring (bicyclic) bond motifs is 1. The molecular weight excluding hydrogens is 328 g/mol. The van der Waals surface area contributed by atoms with Crippen molar-refractivity contribution in [1.29, 1.82) is 0 Å². The molecule has 134 valence electrons. The van der Waals surface area contributed by atoms with Gasteiger partial charge in [0.15, 0.2) is 0 Å². The third-order valence-corrected chi connectivity index (χ3v) is 4.54. The van der Waals surface area contributed by atoms with E-state index in [0.717, 1.165) is 31.0 Å². The average molecular weight is 350 g/mol. The van der Waals surface area contributed by atoms with E-state index in [1.807, 2.05) is 64.2 Å². The Kier molecular flexibility index (Phi) is 4.58. The lowest BCUT2D eigenvalue weighted by Crippen LogP contribution is -2.51. The number of hydrogen-bond donors (Lipinski definition) is 1. The predicted molar refractivity (Wildman–Crippen MR) is 99.3 cm³/mol. The number of nitrogens with zero attached hydrogens (tertiary/aromatic N) is 3. The molecule has 6 heteroatoms. The standard InChI is InChI=1S/C20H22N4O2/c1-15-12-24(10-8-21-15)20(25)16-5-4-6-18(11-16)26-14-17-13-23-9-3-2-7-19(23)22-17/h2-7,9,11,13,15,21H,8,10,12,14H2,1H3/t15-/m1/s1. The molecule has 1 fully saturated rings. The summed E-state index contributed by atoms with van der Waals surface area (Å²) >= 11 is 0. The van der Waals surface area contributed by atoms with Crippen LogP contribution in [0.1, 0.15) is 23.0 Å². The molecule has 3 heterocycles. The molecule has 1 N–H and O–H groups in total. The Balaban J connectivity index is 1.44. The van der Waals surface area contributed by atoms with Crippen molar-refractivity contribution in [2.45, 2.75) is 19.6 Å². The first-order valence-electron chi connectivity index (χ1n) is 8.87. The van der Waals surface area contributed by atoms with Crippen molar-refractivity contribution in [2.75, 3.05) is 19.6 Å². The molecular formula is C20H22N4O2. The number of ether oxygens (including phenoxy) is 1. The highest BCUT2D eigenvalue weighted by atomic mass is 16.5. The van der Waals surface area contributed by atoms with E-state index in [1.54, 1.807) is 0 Å². The van der Waals surface area contributed by atoms with Crippen molar-refractivity contribution < 1.29 is 9.53 Å². The summed E-state index contributed by atoms with van der Waals surface area (Å²) in [5.74, 6) is 0.729. The van der Waals surface area contributed by atoms with Gasteiger partial charge in [-0.05, 0) is 37.3 Å². The van der Waals surface area contributed by atoms with Crippen molar-refractivity contribution in [3.63, 3.8) is 0 Å². The normalized spacial score (nSPS) is 17.4. The molecule has 4 rings (SSSR count). The fraction of sp³-hybridized carbons (Fsp3) is 0.300. The van der Waals surface area contributed by atoms with E-state index in [9.17, 15) is 4.79 Å². The van der Waals surface area contributed by atoms with E-state index in [2.05, 4.69) is 17.2 Å². The van der Waals surface area contributed by atoms with Gasteiger partial charge in [0.25, 0.3) is 5.91 Å². The monoisotopic (exact) mass is 350 g/mol. The largest absolute Gasteiger partial charge is 0.487 e. The van der Waals surface area contributed by atoms with Gasteiger partial charge in [-0.3, -0.25) is 4.79 Å². The van der Waals surface area contributed by atoms with Crippen molar-refractivity contribution in [3.8, 4) is 5.75 Å². The quantitative estimate of drug-likeness (QED) is 0.785. The molecule has 6 nitrogen and oxygen atoms in total. The predicted octanol–water partition coefficient (Wildman–Crippen LogP) is 2.35. The van der Waals surface area contributed by atoms with E-state index in [-0.39, 0.29) is 5.91 Å². The van der Waals surface area contributed by atoms with Crippen LogP contribution in [0.25, 0.3) is 5.65 Å².